The van der Waals surface area contributed by atoms with Gasteiger partial charge in [-0.2, -0.15) is 0 Å². The molecule has 0 bridgehead atoms. The highest BCUT2D eigenvalue weighted by atomic mass is 16.2. The van der Waals surface area contributed by atoms with E-state index >= 15 is 0 Å². The number of rotatable bonds is 2. The van der Waals surface area contributed by atoms with E-state index in [0.29, 0.717) is 25.1 Å². The van der Waals surface area contributed by atoms with Crippen molar-refractivity contribution in [3.8, 4) is 11.1 Å². The Morgan fingerprint density at radius 3 is 2.00 bits per heavy atom. The van der Waals surface area contributed by atoms with Crippen LogP contribution in [0.5, 0.6) is 0 Å². The third kappa shape index (κ3) is 3.36. The van der Waals surface area contributed by atoms with Crippen molar-refractivity contribution in [3.05, 3.63) is 59.7 Å². The molecule has 4 heteroatoms. The van der Waals surface area contributed by atoms with Crippen LogP contribution in [0.15, 0.2) is 48.5 Å². The maximum atomic E-state index is 12.7. The molecule has 2 aromatic carbocycles. The van der Waals surface area contributed by atoms with Crippen LogP contribution in [0.3, 0.4) is 0 Å². The first-order valence-corrected chi connectivity index (χ1v) is 9.57. The number of likely N-dealkylation sites (tertiary alicyclic amines) is 1. The van der Waals surface area contributed by atoms with Crippen LogP contribution in [0.4, 0.5) is 0 Å². The van der Waals surface area contributed by atoms with Crippen molar-refractivity contribution in [1.29, 1.82) is 0 Å². The van der Waals surface area contributed by atoms with E-state index < -0.39 is 0 Å². The van der Waals surface area contributed by atoms with E-state index in [-0.39, 0.29) is 22.8 Å². The lowest BCUT2D eigenvalue weighted by Crippen LogP contribution is -2.68. The second-order valence-electron chi connectivity index (χ2n) is 8.89. The molecule has 1 N–H and O–H groups in total. The van der Waals surface area contributed by atoms with E-state index in [1.807, 2.05) is 29.2 Å². The van der Waals surface area contributed by atoms with Gasteiger partial charge < -0.3 is 10.2 Å². The van der Waals surface area contributed by atoms with Crippen molar-refractivity contribution < 1.29 is 9.59 Å². The number of benzene rings is 2. The van der Waals surface area contributed by atoms with Gasteiger partial charge in [-0.3, -0.25) is 9.59 Å². The van der Waals surface area contributed by atoms with Crippen LogP contribution in [-0.4, -0.2) is 35.3 Å². The molecule has 4 nitrogen and oxygen atoms in total. The zero-order valence-electron chi connectivity index (χ0n) is 16.2. The minimum Gasteiger partial charge on any atom is -0.347 e. The molecule has 2 aliphatic heterocycles. The van der Waals surface area contributed by atoms with Crippen LogP contribution in [-0.2, 0) is 10.2 Å². The molecular formula is C23H26N2O2. The van der Waals surface area contributed by atoms with Gasteiger partial charge in [-0.05, 0) is 40.7 Å². The van der Waals surface area contributed by atoms with Crippen molar-refractivity contribution in [2.75, 3.05) is 13.1 Å². The Hall–Kier alpha value is -2.62. The maximum Gasteiger partial charge on any atom is 0.254 e. The summed E-state index contributed by atoms with van der Waals surface area (Å²) in [7, 11) is 0. The fraction of sp³-hybridized carbons (Fsp3) is 0.391. The van der Waals surface area contributed by atoms with Crippen molar-refractivity contribution in [1.82, 2.24) is 10.2 Å². The SMILES string of the molecule is CC(C)(C)c1ccc(-c2ccc(C(=O)N3CC4(CCC(=O)N4)C3)cc2)cc1. The number of hydrogen-bond acceptors (Lipinski definition) is 2. The lowest BCUT2D eigenvalue weighted by atomic mass is 9.86. The number of nitrogens with zero attached hydrogens (tertiary/aromatic N) is 1. The molecule has 2 fully saturated rings. The molecule has 2 aromatic rings. The molecular weight excluding hydrogens is 336 g/mol. The van der Waals surface area contributed by atoms with E-state index in [1.165, 1.54) is 5.56 Å². The monoisotopic (exact) mass is 362 g/mol. The fourth-order valence-corrected chi connectivity index (χ4v) is 3.99. The number of amides is 2. The summed E-state index contributed by atoms with van der Waals surface area (Å²) >= 11 is 0. The summed E-state index contributed by atoms with van der Waals surface area (Å²) in [5, 5.41) is 3.02. The highest BCUT2D eigenvalue weighted by Gasteiger charge is 2.49. The molecule has 0 saturated carbocycles. The Morgan fingerprint density at radius 2 is 1.52 bits per heavy atom. The molecule has 2 heterocycles. The van der Waals surface area contributed by atoms with Crippen LogP contribution in [0, 0.1) is 0 Å². The topological polar surface area (TPSA) is 49.4 Å². The third-order valence-electron chi connectivity index (χ3n) is 5.73. The molecule has 0 aromatic heterocycles. The first-order valence-electron chi connectivity index (χ1n) is 9.57. The Morgan fingerprint density at radius 1 is 0.963 bits per heavy atom. The summed E-state index contributed by atoms with van der Waals surface area (Å²) in [5.74, 6) is 0.139. The first kappa shape index (κ1) is 17.8. The predicted molar refractivity (Wildman–Crippen MR) is 107 cm³/mol. The van der Waals surface area contributed by atoms with Crippen LogP contribution in [0.25, 0.3) is 11.1 Å². The van der Waals surface area contributed by atoms with Gasteiger partial charge in [0, 0.05) is 25.1 Å². The summed E-state index contributed by atoms with van der Waals surface area (Å²) < 4.78 is 0. The zero-order valence-corrected chi connectivity index (χ0v) is 16.2. The lowest BCUT2D eigenvalue weighted by molar-refractivity contribution is -0.120. The number of carbonyl (C=O) groups excluding carboxylic acids is 2. The van der Waals surface area contributed by atoms with Crippen LogP contribution in [0.2, 0.25) is 0 Å². The molecule has 0 aliphatic carbocycles. The fourth-order valence-electron chi connectivity index (χ4n) is 3.99. The third-order valence-corrected chi connectivity index (χ3v) is 5.73. The quantitative estimate of drug-likeness (QED) is 0.884. The van der Waals surface area contributed by atoms with Crippen LogP contribution < -0.4 is 5.32 Å². The van der Waals surface area contributed by atoms with Crippen LogP contribution >= 0.6 is 0 Å². The summed E-state index contributed by atoms with van der Waals surface area (Å²) in [4.78, 5) is 25.9. The van der Waals surface area contributed by atoms with E-state index in [9.17, 15) is 9.59 Å². The predicted octanol–water partition coefficient (Wildman–Crippen LogP) is 3.76. The second-order valence-corrected chi connectivity index (χ2v) is 8.89. The first-order chi connectivity index (χ1) is 12.8. The minimum atomic E-state index is -0.165. The average molecular weight is 362 g/mol. The molecule has 0 radical (unpaired) electrons. The summed E-state index contributed by atoms with van der Waals surface area (Å²) in [6.45, 7) is 7.86. The summed E-state index contributed by atoms with van der Waals surface area (Å²) in [6, 6.07) is 16.4. The van der Waals surface area contributed by atoms with Gasteiger partial charge in [0.25, 0.3) is 5.91 Å². The maximum absolute atomic E-state index is 12.7. The minimum absolute atomic E-state index is 0.0383. The van der Waals surface area contributed by atoms with Gasteiger partial charge in [0.15, 0.2) is 0 Å². The van der Waals surface area contributed by atoms with Crippen molar-refractivity contribution in [3.63, 3.8) is 0 Å². The van der Waals surface area contributed by atoms with Crippen molar-refractivity contribution in [2.24, 2.45) is 0 Å². The molecule has 0 atom stereocenters. The molecule has 2 aliphatic rings. The number of hydrogen-bond donors (Lipinski definition) is 1. The molecule has 2 amide bonds. The van der Waals surface area contributed by atoms with Crippen molar-refractivity contribution >= 4 is 11.8 Å². The molecule has 27 heavy (non-hydrogen) atoms. The van der Waals surface area contributed by atoms with Crippen LogP contribution in [0.1, 0.15) is 49.5 Å². The van der Waals surface area contributed by atoms with Gasteiger partial charge in [0.2, 0.25) is 5.91 Å². The summed E-state index contributed by atoms with van der Waals surface area (Å²) in [5.41, 5.74) is 4.24. The normalized spacial score (nSPS) is 18.3. The van der Waals surface area contributed by atoms with Gasteiger partial charge in [0.05, 0.1) is 5.54 Å². The van der Waals surface area contributed by atoms with E-state index in [1.54, 1.807) is 0 Å². The van der Waals surface area contributed by atoms with Crippen molar-refractivity contribution in [2.45, 2.75) is 44.6 Å². The van der Waals surface area contributed by atoms with Gasteiger partial charge in [0.1, 0.15) is 0 Å². The Balaban J connectivity index is 1.43. The highest BCUT2D eigenvalue weighted by Crippen LogP contribution is 2.32. The summed E-state index contributed by atoms with van der Waals surface area (Å²) in [6.07, 6.45) is 1.41. The Labute approximate surface area is 160 Å². The second kappa shape index (κ2) is 6.22. The number of carbonyl (C=O) groups is 2. The lowest BCUT2D eigenvalue weighted by Gasteiger charge is -2.47. The molecule has 4 rings (SSSR count). The van der Waals surface area contributed by atoms with Gasteiger partial charge in [-0.1, -0.05) is 57.2 Å². The average Bonchev–Trinajstić information content (AvgIpc) is 3.02. The van der Waals surface area contributed by atoms with E-state index in [4.69, 9.17) is 0 Å². The molecule has 2 saturated heterocycles. The zero-order chi connectivity index (χ0) is 19.2. The Bertz CT molecular complexity index is 870. The Kier molecular flexibility index (Phi) is 4.10. The number of nitrogens with one attached hydrogen (secondary N) is 1. The smallest absolute Gasteiger partial charge is 0.254 e. The molecule has 0 unspecified atom stereocenters. The van der Waals surface area contributed by atoms with E-state index in [2.05, 4.69) is 50.4 Å². The molecule has 140 valence electrons. The molecule has 1 spiro atoms. The van der Waals surface area contributed by atoms with E-state index in [0.717, 1.165) is 17.5 Å². The van der Waals surface area contributed by atoms with Gasteiger partial charge >= 0.3 is 0 Å². The van der Waals surface area contributed by atoms with Gasteiger partial charge in [-0.15, -0.1) is 0 Å². The largest absolute Gasteiger partial charge is 0.347 e. The highest BCUT2D eigenvalue weighted by molar-refractivity contribution is 5.96. The standard InChI is InChI=1S/C23H26N2O2/c1-22(2,3)19-10-8-17(9-11-19)16-4-6-18(7-5-16)21(27)25-14-23(15-25)13-12-20(26)24-23/h4-11H,12-15H2,1-3H3,(H,24,26). The van der Waals surface area contributed by atoms with Gasteiger partial charge in [-0.25, -0.2) is 0 Å².